The maximum absolute atomic E-state index is 10.9. The number of hydrazine groups is 1. The van der Waals surface area contributed by atoms with E-state index in [0.717, 1.165) is 11.4 Å². The first-order chi connectivity index (χ1) is 8.27. The van der Waals surface area contributed by atoms with Gasteiger partial charge in [-0.05, 0) is 24.3 Å². The zero-order valence-corrected chi connectivity index (χ0v) is 9.13. The van der Waals surface area contributed by atoms with E-state index in [1.165, 1.54) is 0 Å². The Bertz CT molecular complexity index is 445. The van der Waals surface area contributed by atoms with Crippen molar-refractivity contribution in [2.45, 2.75) is 0 Å². The van der Waals surface area contributed by atoms with Gasteiger partial charge in [-0.1, -0.05) is 36.4 Å². The Kier molecular flexibility index (Phi) is 3.25. The second kappa shape index (κ2) is 5.03. The van der Waals surface area contributed by atoms with Crippen LogP contribution in [0.2, 0.25) is 0 Å². The highest BCUT2D eigenvalue weighted by molar-refractivity contribution is 5.77. The molecular formula is C13H12N3O. The van der Waals surface area contributed by atoms with Crippen LogP contribution in [0.3, 0.4) is 0 Å². The lowest BCUT2D eigenvalue weighted by Crippen LogP contribution is -2.38. The average Bonchev–Trinajstić information content (AvgIpc) is 2.38. The maximum Gasteiger partial charge on any atom is 0.352 e. The number of para-hydroxylation sites is 2. The number of amides is 2. The number of nitrogens with one attached hydrogen (secondary N) is 2. The fraction of sp³-hybridized carbons (Fsp3) is 0. The number of rotatable bonds is 3. The van der Waals surface area contributed by atoms with Gasteiger partial charge in [0.1, 0.15) is 0 Å². The Morgan fingerprint density at radius 3 is 1.65 bits per heavy atom. The SMILES string of the molecule is [NH]C(=O)NN(c1ccccc1)c1ccccc1. The summed E-state index contributed by atoms with van der Waals surface area (Å²) >= 11 is 0. The average molecular weight is 226 g/mol. The third-order valence-electron chi connectivity index (χ3n) is 2.24. The second-order valence-corrected chi connectivity index (χ2v) is 3.45. The third kappa shape index (κ3) is 2.75. The molecule has 1 radical (unpaired) electrons. The summed E-state index contributed by atoms with van der Waals surface area (Å²) in [5.74, 6) is 0. The van der Waals surface area contributed by atoms with Crippen LogP contribution in [0.5, 0.6) is 0 Å². The van der Waals surface area contributed by atoms with Crippen LogP contribution in [-0.4, -0.2) is 6.03 Å². The van der Waals surface area contributed by atoms with Crippen molar-refractivity contribution in [3.8, 4) is 0 Å². The summed E-state index contributed by atoms with van der Waals surface area (Å²) in [5.41, 5.74) is 11.1. The van der Waals surface area contributed by atoms with Gasteiger partial charge < -0.3 is 0 Å². The number of anilines is 2. The quantitative estimate of drug-likeness (QED) is 0.818. The summed E-state index contributed by atoms with van der Waals surface area (Å²) in [5, 5.41) is 1.58. The van der Waals surface area contributed by atoms with E-state index >= 15 is 0 Å². The van der Waals surface area contributed by atoms with Crippen LogP contribution in [0.1, 0.15) is 0 Å². The lowest BCUT2D eigenvalue weighted by molar-refractivity contribution is 0.248. The fourth-order valence-electron chi connectivity index (χ4n) is 1.53. The van der Waals surface area contributed by atoms with Gasteiger partial charge in [0, 0.05) is 0 Å². The van der Waals surface area contributed by atoms with E-state index in [4.69, 9.17) is 5.73 Å². The van der Waals surface area contributed by atoms with Gasteiger partial charge in [0.2, 0.25) is 0 Å². The molecule has 85 valence electrons. The first-order valence-electron chi connectivity index (χ1n) is 5.20. The lowest BCUT2D eigenvalue weighted by Gasteiger charge is -2.23. The molecule has 0 unspecified atom stereocenters. The molecule has 0 aliphatic rings. The number of carbonyl (C=O) groups excluding carboxylic acids is 1. The molecule has 0 saturated carbocycles. The van der Waals surface area contributed by atoms with Crippen LogP contribution >= 0.6 is 0 Å². The molecule has 0 spiro atoms. The Morgan fingerprint density at radius 1 is 0.882 bits per heavy atom. The minimum Gasteiger partial charge on any atom is -0.252 e. The van der Waals surface area contributed by atoms with Crippen molar-refractivity contribution >= 4 is 17.4 Å². The van der Waals surface area contributed by atoms with Gasteiger partial charge in [-0.2, -0.15) is 0 Å². The molecule has 0 fully saturated rings. The first-order valence-corrected chi connectivity index (χ1v) is 5.20. The highest BCUT2D eigenvalue weighted by Gasteiger charge is 2.09. The summed E-state index contributed by atoms with van der Waals surface area (Å²) in [6.07, 6.45) is 0. The van der Waals surface area contributed by atoms with E-state index in [1.54, 1.807) is 5.01 Å². The first kappa shape index (κ1) is 11.0. The van der Waals surface area contributed by atoms with Gasteiger partial charge in [-0.3, -0.25) is 5.01 Å². The Labute approximate surface area is 99.6 Å². The summed E-state index contributed by atoms with van der Waals surface area (Å²) in [7, 11) is 0. The van der Waals surface area contributed by atoms with Crippen LogP contribution < -0.4 is 16.2 Å². The molecule has 0 heterocycles. The van der Waals surface area contributed by atoms with Crippen LogP contribution in [0, 0.1) is 0 Å². The van der Waals surface area contributed by atoms with Crippen molar-refractivity contribution in [3.05, 3.63) is 60.7 Å². The molecule has 2 aromatic rings. The molecule has 0 atom stereocenters. The van der Waals surface area contributed by atoms with E-state index < -0.39 is 6.03 Å². The van der Waals surface area contributed by atoms with Gasteiger partial charge in [-0.15, -0.1) is 0 Å². The Morgan fingerprint density at radius 2 is 1.29 bits per heavy atom. The molecule has 2 aromatic carbocycles. The van der Waals surface area contributed by atoms with Crippen molar-refractivity contribution in [2.75, 3.05) is 5.01 Å². The molecule has 17 heavy (non-hydrogen) atoms. The maximum atomic E-state index is 10.9. The van der Waals surface area contributed by atoms with E-state index in [-0.39, 0.29) is 0 Å². The zero-order chi connectivity index (χ0) is 12.1. The largest absolute Gasteiger partial charge is 0.352 e. The van der Waals surface area contributed by atoms with E-state index in [0.29, 0.717) is 0 Å². The minimum absolute atomic E-state index is 0.805. The molecule has 2 amide bonds. The van der Waals surface area contributed by atoms with E-state index in [9.17, 15) is 4.79 Å². The summed E-state index contributed by atoms with van der Waals surface area (Å²) < 4.78 is 0. The molecule has 0 aliphatic heterocycles. The molecule has 0 bridgehead atoms. The lowest BCUT2D eigenvalue weighted by atomic mass is 10.2. The summed E-state index contributed by atoms with van der Waals surface area (Å²) in [4.78, 5) is 10.9. The van der Waals surface area contributed by atoms with Crippen LogP contribution in [0.25, 0.3) is 0 Å². The van der Waals surface area contributed by atoms with Gasteiger partial charge in [0.25, 0.3) is 0 Å². The Balaban J connectivity index is 2.36. The van der Waals surface area contributed by atoms with Gasteiger partial charge in [0.05, 0.1) is 11.4 Å². The van der Waals surface area contributed by atoms with Crippen LogP contribution in [0.15, 0.2) is 60.7 Å². The molecule has 2 rings (SSSR count). The fourth-order valence-corrected chi connectivity index (χ4v) is 1.53. The number of hydrogen-bond donors (Lipinski definition) is 1. The minimum atomic E-state index is -0.849. The monoisotopic (exact) mass is 226 g/mol. The van der Waals surface area contributed by atoms with Gasteiger partial charge in [-0.25, -0.2) is 16.0 Å². The molecular weight excluding hydrogens is 214 g/mol. The van der Waals surface area contributed by atoms with Crippen LogP contribution in [0.4, 0.5) is 16.2 Å². The molecule has 0 aliphatic carbocycles. The normalized spacial score (nSPS) is 9.65. The van der Waals surface area contributed by atoms with Gasteiger partial charge in [0.15, 0.2) is 0 Å². The van der Waals surface area contributed by atoms with E-state index in [2.05, 4.69) is 5.43 Å². The molecule has 2 N–H and O–H groups in total. The number of hydrogen-bond acceptors (Lipinski definition) is 2. The zero-order valence-electron chi connectivity index (χ0n) is 9.13. The highest BCUT2D eigenvalue weighted by atomic mass is 16.2. The number of carbonyl (C=O) groups is 1. The number of benzene rings is 2. The standard InChI is InChI=1S/C13H12N3O/c14-13(17)15-16(11-7-3-1-4-8-11)12-9-5-2-6-10-12/h1-10,14H,(H,15,17). The third-order valence-corrected chi connectivity index (χ3v) is 2.24. The van der Waals surface area contributed by atoms with Crippen molar-refractivity contribution in [2.24, 2.45) is 0 Å². The number of urea groups is 1. The predicted molar refractivity (Wildman–Crippen MR) is 66.7 cm³/mol. The van der Waals surface area contributed by atoms with Gasteiger partial charge >= 0.3 is 6.03 Å². The molecule has 4 nitrogen and oxygen atoms in total. The molecule has 0 aromatic heterocycles. The van der Waals surface area contributed by atoms with Crippen LogP contribution in [-0.2, 0) is 0 Å². The molecule has 0 saturated heterocycles. The second-order valence-electron chi connectivity index (χ2n) is 3.45. The predicted octanol–water partition coefficient (Wildman–Crippen LogP) is 2.73. The smallest absolute Gasteiger partial charge is 0.252 e. The summed E-state index contributed by atoms with van der Waals surface area (Å²) in [6, 6.07) is 17.9. The Hall–Kier alpha value is -2.49. The topological polar surface area (TPSA) is 56.1 Å². The van der Waals surface area contributed by atoms with Crippen molar-refractivity contribution in [1.82, 2.24) is 11.2 Å². The van der Waals surface area contributed by atoms with Crippen molar-refractivity contribution in [1.29, 1.82) is 0 Å². The number of nitrogens with zero attached hydrogens (tertiary/aromatic N) is 1. The molecule has 4 heteroatoms. The summed E-state index contributed by atoms with van der Waals surface area (Å²) in [6.45, 7) is 0. The van der Waals surface area contributed by atoms with E-state index in [1.807, 2.05) is 60.7 Å². The highest BCUT2D eigenvalue weighted by Crippen LogP contribution is 2.22. The van der Waals surface area contributed by atoms with Crippen molar-refractivity contribution < 1.29 is 4.79 Å². The van der Waals surface area contributed by atoms with Crippen molar-refractivity contribution in [3.63, 3.8) is 0 Å².